The van der Waals surface area contributed by atoms with Crippen LogP contribution in [0.2, 0.25) is 0 Å². The first-order valence-corrected chi connectivity index (χ1v) is 9.22. The minimum Gasteiger partial charge on any atom is -0.392 e. The van der Waals surface area contributed by atoms with E-state index < -0.39 is 5.82 Å². The SMILES string of the molecule is CC1(C)Cc2cc3n(c2C1)CCN(c1cc(F)cc(Br)c1CO)C3=O. The average Bonchev–Trinajstić information content (AvgIpc) is 2.99. The maximum atomic E-state index is 13.9. The molecule has 0 bridgehead atoms. The summed E-state index contributed by atoms with van der Waals surface area (Å²) in [7, 11) is 0. The molecule has 0 atom stereocenters. The second-order valence-corrected chi connectivity index (χ2v) is 8.53. The molecule has 2 aliphatic rings. The number of aromatic nitrogens is 1. The first-order chi connectivity index (χ1) is 11.8. The third kappa shape index (κ3) is 2.62. The van der Waals surface area contributed by atoms with Gasteiger partial charge in [-0.25, -0.2) is 4.39 Å². The first-order valence-electron chi connectivity index (χ1n) is 8.43. The van der Waals surface area contributed by atoms with E-state index in [2.05, 4.69) is 34.3 Å². The summed E-state index contributed by atoms with van der Waals surface area (Å²) in [5.74, 6) is -0.567. The number of carbonyl (C=O) groups excluding carboxylic acids is 1. The van der Waals surface area contributed by atoms with Crippen molar-refractivity contribution < 1.29 is 14.3 Å². The summed E-state index contributed by atoms with van der Waals surface area (Å²) in [5, 5.41) is 9.66. The fourth-order valence-corrected chi connectivity index (χ4v) is 4.68. The number of hydrogen-bond donors (Lipinski definition) is 1. The number of rotatable bonds is 2. The summed E-state index contributed by atoms with van der Waals surface area (Å²) < 4.78 is 16.5. The molecular weight excluding hydrogens is 387 g/mol. The molecule has 6 heteroatoms. The van der Waals surface area contributed by atoms with Crippen LogP contribution in [0.4, 0.5) is 10.1 Å². The monoisotopic (exact) mass is 406 g/mol. The number of amides is 1. The molecule has 0 saturated heterocycles. The Labute approximate surface area is 154 Å². The van der Waals surface area contributed by atoms with Gasteiger partial charge < -0.3 is 14.6 Å². The van der Waals surface area contributed by atoms with E-state index in [-0.39, 0.29) is 17.9 Å². The van der Waals surface area contributed by atoms with E-state index in [4.69, 9.17) is 0 Å². The van der Waals surface area contributed by atoms with Crippen LogP contribution < -0.4 is 4.90 Å². The zero-order chi connectivity index (χ0) is 17.9. The van der Waals surface area contributed by atoms with Gasteiger partial charge in [0, 0.05) is 28.8 Å². The molecule has 1 aliphatic heterocycles. The van der Waals surface area contributed by atoms with E-state index in [1.165, 1.54) is 23.4 Å². The van der Waals surface area contributed by atoms with E-state index in [0.717, 1.165) is 12.8 Å². The van der Waals surface area contributed by atoms with Crippen molar-refractivity contribution in [2.75, 3.05) is 11.4 Å². The van der Waals surface area contributed by atoms with Crippen LogP contribution in [0.15, 0.2) is 22.7 Å². The van der Waals surface area contributed by atoms with Crippen LogP contribution in [-0.4, -0.2) is 22.1 Å². The standard InChI is InChI=1S/C19H20BrFN2O2/c1-19(2)8-11-5-16-18(25)23(4-3-22(16)17(11)9-19)15-7-12(21)6-14(20)13(15)10-24/h5-7,24H,3-4,8-10H2,1-2H3. The minimum atomic E-state index is -0.433. The molecule has 1 aromatic heterocycles. The molecule has 0 radical (unpaired) electrons. The van der Waals surface area contributed by atoms with Gasteiger partial charge in [0.25, 0.3) is 5.91 Å². The van der Waals surface area contributed by atoms with Gasteiger partial charge in [-0.1, -0.05) is 29.8 Å². The Bertz CT molecular complexity index is 888. The highest BCUT2D eigenvalue weighted by atomic mass is 79.9. The molecule has 0 saturated carbocycles. The lowest BCUT2D eigenvalue weighted by Crippen LogP contribution is -2.41. The molecule has 1 amide bonds. The molecule has 1 aromatic carbocycles. The second kappa shape index (κ2) is 5.68. The van der Waals surface area contributed by atoms with E-state index in [1.807, 2.05) is 6.07 Å². The maximum Gasteiger partial charge on any atom is 0.274 e. The molecule has 132 valence electrons. The Morgan fingerprint density at radius 1 is 1.24 bits per heavy atom. The Morgan fingerprint density at radius 2 is 2.00 bits per heavy atom. The first kappa shape index (κ1) is 16.8. The summed E-state index contributed by atoms with van der Waals surface area (Å²) in [5.41, 5.74) is 4.38. The average molecular weight is 407 g/mol. The van der Waals surface area contributed by atoms with Gasteiger partial charge in [-0.3, -0.25) is 4.79 Å². The summed E-state index contributed by atoms with van der Waals surface area (Å²) in [6.45, 7) is 5.39. The lowest BCUT2D eigenvalue weighted by Gasteiger charge is -2.31. The van der Waals surface area contributed by atoms with Gasteiger partial charge in [0.1, 0.15) is 11.5 Å². The third-order valence-electron chi connectivity index (χ3n) is 5.21. The largest absolute Gasteiger partial charge is 0.392 e. The van der Waals surface area contributed by atoms with Crippen molar-refractivity contribution in [3.05, 3.63) is 51.0 Å². The molecule has 0 unspecified atom stereocenters. The fraction of sp³-hybridized carbons (Fsp3) is 0.421. The van der Waals surface area contributed by atoms with E-state index >= 15 is 0 Å². The van der Waals surface area contributed by atoms with Crippen LogP contribution in [0.5, 0.6) is 0 Å². The van der Waals surface area contributed by atoms with Crippen LogP contribution >= 0.6 is 15.9 Å². The van der Waals surface area contributed by atoms with Gasteiger partial charge >= 0.3 is 0 Å². The molecule has 0 spiro atoms. The van der Waals surface area contributed by atoms with Crippen molar-refractivity contribution in [3.8, 4) is 0 Å². The number of aliphatic hydroxyl groups excluding tert-OH is 1. The number of hydrogen-bond acceptors (Lipinski definition) is 2. The van der Waals surface area contributed by atoms with Crippen LogP contribution in [0, 0.1) is 11.2 Å². The smallest absolute Gasteiger partial charge is 0.274 e. The third-order valence-corrected chi connectivity index (χ3v) is 5.92. The van der Waals surface area contributed by atoms with Crippen LogP contribution in [0.25, 0.3) is 0 Å². The lowest BCUT2D eigenvalue weighted by molar-refractivity contribution is 0.0963. The van der Waals surface area contributed by atoms with Crippen molar-refractivity contribution in [2.45, 2.75) is 39.8 Å². The summed E-state index contributed by atoms with van der Waals surface area (Å²) >= 11 is 3.28. The number of benzene rings is 1. The van der Waals surface area contributed by atoms with Crippen molar-refractivity contribution in [3.63, 3.8) is 0 Å². The highest BCUT2D eigenvalue weighted by Crippen LogP contribution is 2.40. The van der Waals surface area contributed by atoms with Gasteiger partial charge in [0.05, 0.1) is 12.3 Å². The number of fused-ring (bicyclic) bond motifs is 3. The Kier molecular flexibility index (Phi) is 3.81. The Hall–Kier alpha value is -1.66. The minimum absolute atomic E-state index is 0.134. The van der Waals surface area contributed by atoms with E-state index in [0.29, 0.717) is 34.5 Å². The topological polar surface area (TPSA) is 45.5 Å². The molecule has 2 heterocycles. The van der Waals surface area contributed by atoms with Crippen molar-refractivity contribution in [1.29, 1.82) is 0 Å². The normalized spacial score (nSPS) is 18.4. The zero-order valence-electron chi connectivity index (χ0n) is 14.3. The van der Waals surface area contributed by atoms with Gasteiger partial charge in [0.2, 0.25) is 0 Å². The van der Waals surface area contributed by atoms with Gasteiger partial charge in [-0.15, -0.1) is 0 Å². The number of halogens is 2. The van der Waals surface area contributed by atoms with Crippen LogP contribution in [-0.2, 0) is 26.0 Å². The summed E-state index contributed by atoms with van der Waals surface area (Å²) in [6, 6.07) is 4.62. The Morgan fingerprint density at radius 3 is 2.72 bits per heavy atom. The highest BCUT2D eigenvalue weighted by Gasteiger charge is 2.37. The maximum absolute atomic E-state index is 13.9. The zero-order valence-corrected chi connectivity index (χ0v) is 15.9. The van der Waals surface area contributed by atoms with E-state index in [1.54, 1.807) is 4.90 Å². The molecule has 2 aromatic rings. The molecule has 1 aliphatic carbocycles. The fourth-order valence-electron chi connectivity index (χ4n) is 4.13. The number of aliphatic hydroxyl groups is 1. The lowest BCUT2D eigenvalue weighted by atomic mass is 9.90. The van der Waals surface area contributed by atoms with Crippen LogP contribution in [0.3, 0.4) is 0 Å². The molecule has 4 rings (SSSR count). The van der Waals surface area contributed by atoms with Crippen molar-refractivity contribution in [1.82, 2.24) is 4.57 Å². The number of anilines is 1. The molecule has 0 fully saturated rings. The van der Waals surface area contributed by atoms with Crippen molar-refractivity contribution in [2.24, 2.45) is 5.41 Å². The highest BCUT2D eigenvalue weighted by molar-refractivity contribution is 9.10. The second-order valence-electron chi connectivity index (χ2n) is 7.67. The molecular formula is C19H20BrFN2O2. The summed E-state index contributed by atoms with van der Waals surface area (Å²) in [6.07, 6.45) is 1.95. The number of carbonyl (C=O) groups is 1. The Balaban J connectivity index is 1.75. The predicted octanol–water partition coefficient (Wildman–Crippen LogP) is 3.67. The quantitative estimate of drug-likeness (QED) is 0.826. The van der Waals surface area contributed by atoms with Gasteiger partial charge in [-0.2, -0.15) is 0 Å². The summed E-state index contributed by atoms with van der Waals surface area (Å²) in [4.78, 5) is 14.6. The van der Waals surface area contributed by atoms with Crippen LogP contribution in [0.1, 0.15) is 41.2 Å². The van der Waals surface area contributed by atoms with E-state index in [9.17, 15) is 14.3 Å². The number of nitrogens with zero attached hydrogens (tertiary/aromatic N) is 2. The van der Waals surface area contributed by atoms with Gasteiger partial charge in [0.15, 0.2) is 0 Å². The predicted molar refractivity (Wildman–Crippen MR) is 97.3 cm³/mol. The van der Waals surface area contributed by atoms with Gasteiger partial charge in [-0.05, 0) is 42.0 Å². The molecule has 25 heavy (non-hydrogen) atoms. The van der Waals surface area contributed by atoms with Crippen molar-refractivity contribution >= 4 is 27.5 Å². The molecule has 4 nitrogen and oxygen atoms in total. The molecule has 1 N–H and O–H groups in total.